The van der Waals surface area contributed by atoms with Crippen molar-refractivity contribution in [1.29, 1.82) is 0 Å². The summed E-state index contributed by atoms with van der Waals surface area (Å²) >= 11 is 0. The predicted molar refractivity (Wildman–Crippen MR) is 63.9 cm³/mol. The molecule has 0 spiro atoms. The van der Waals surface area contributed by atoms with Gasteiger partial charge in [0.2, 0.25) is 0 Å². The van der Waals surface area contributed by atoms with Gasteiger partial charge in [0.05, 0.1) is 0 Å². The lowest BCUT2D eigenvalue weighted by Crippen LogP contribution is -2.52. The first-order valence-electron chi connectivity index (χ1n) is 6.27. The van der Waals surface area contributed by atoms with Gasteiger partial charge in [0, 0.05) is 32.2 Å². The molecule has 0 amide bonds. The van der Waals surface area contributed by atoms with Crippen molar-refractivity contribution in [3.63, 3.8) is 0 Å². The van der Waals surface area contributed by atoms with Crippen molar-refractivity contribution in [3.05, 3.63) is 0 Å². The summed E-state index contributed by atoms with van der Waals surface area (Å²) in [6.45, 7) is 11.6. The fraction of sp³-hybridized carbons (Fsp3) is 1.00. The smallest absolute Gasteiger partial charge is 0.0224 e. The molecule has 0 aromatic rings. The lowest BCUT2D eigenvalue weighted by molar-refractivity contribution is 0.0766. The summed E-state index contributed by atoms with van der Waals surface area (Å²) in [5.74, 6) is 0. The van der Waals surface area contributed by atoms with Crippen molar-refractivity contribution >= 4 is 0 Å². The molecule has 0 radical (unpaired) electrons. The van der Waals surface area contributed by atoms with Crippen molar-refractivity contribution < 1.29 is 0 Å². The van der Waals surface area contributed by atoms with Crippen LogP contribution in [0.5, 0.6) is 0 Å². The molecule has 2 rings (SSSR count). The van der Waals surface area contributed by atoms with Crippen molar-refractivity contribution in [2.45, 2.75) is 32.7 Å². The van der Waals surface area contributed by atoms with E-state index in [1.54, 1.807) is 0 Å². The van der Waals surface area contributed by atoms with Gasteiger partial charge in [0.1, 0.15) is 0 Å². The number of hydrogen-bond donors (Lipinski definition) is 1. The molecule has 2 heterocycles. The number of nitrogens with zero attached hydrogens (tertiary/aromatic N) is 2. The van der Waals surface area contributed by atoms with E-state index in [0.717, 1.165) is 19.1 Å². The van der Waals surface area contributed by atoms with Crippen molar-refractivity contribution in [2.24, 2.45) is 11.1 Å². The minimum atomic E-state index is 0.279. The standard InChI is InChI=1S/C12H25N3/c1-12(2,9-13)10-14-6-7-15-5-3-4-11(15)8-14/h11H,3-10,13H2,1-2H3. The van der Waals surface area contributed by atoms with Crippen molar-refractivity contribution in [1.82, 2.24) is 9.80 Å². The average molecular weight is 211 g/mol. The topological polar surface area (TPSA) is 32.5 Å². The SMILES string of the molecule is CC(C)(CN)CN1CCN2CCCC2C1. The molecule has 2 saturated heterocycles. The van der Waals surface area contributed by atoms with Gasteiger partial charge in [0.15, 0.2) is 0 Å². The van der Waals surface area contributed by atoms with E-state index in [1.165, 1.54) is 39.0 Å². The van der Waals surface area contributed by atoms with Gasteiger partial charge in [-0.1, -0.05) is 13.8 Å². The summed E-state index contributed by atoms with van der Waals surface area (Å²) in [6.07, 6.45) is 2.80. The predicted octanol–water partition coefficient (Wildman–Crippen LogP) is 0.751. The van der Waals surface area contributed by atoms with Crippen LogP contribution in [0, 0.1) is 5.41 Å². The molecule has 3 heteroatoms. The Morgan fingerprint density at radius 2 is 2.07 bits per heavy atom. The van der Waals surface area contributed by atoms with Crippen LogP contribution in [0.4, 0.5) is 0 Å². The molecule has 2 aliphatic rings. The van der Waals surface area contributed by atoms with Crippen LogP contribution in [-0.4, -0.2) is 55.1 Å². The summed E-state index contributed by atoms with van der Waals surface area (Å²) in [5.41, 5.74) is 6.07. The van der Waals surface area contributed by atoms with Gasteiger partial charge in [-0.2, -0.15) is 0 Å². The molecule has 1 unspecified atom stereocenters. The Labute approximate surface area is 93.6 Å². The second-order valence-electron chi connectivity index (χ2n) is 5.94. The number of nitrogens with two attached hydrogens (primary N) is 1. The molecule has 0 bridgehead atoms. The van der Waals surface area contributed by atoms with Gasteiger partial charge in [-0.15, -0.1) is 0 Å². The highest BCUT2D eigenvalue weighted by Gasteiger charge is 2.32. The van der Waals surface area contributed by atoms with E-state index in [-0.39, 0.29) is 5.41 Å². The van der Waals surface area contributed by atoms with E-state index in [2.05, 4.69) is 23.6 Å². The summed E-state index contributed by atoms with van der Waals surface area (Å²) < 4.78 is 0. The van der Waals surface area contributed by atoms with Gasteiger partial charge in [0.25, 0.3) is 0 Å². The Balaban J connectivity index is 1.85. The largest absolute Gasteiger partial charge is 0.330 e. The van der Waals surface area contributed by atoms with Gasteiger partial charge in [-0.25, -0.2) is 0 Å². The molecule has 0 saturated carbocycles. The highest BCUT2D eigenvalue weighted by molar-refractivity contribution is 4.88. The first kappa shape index (κ1) is 11.4. The van der Waals surface area contributed by atoms with E-state index in [4.69, 9.17) is 5.73 Å². The van der Waals surface area contributed by atoms with Crippen LogP contribution in [0.25, 0.3) is 0 Å². The maximum Gasteiger partial charge on any atom is 0.0224 e. The molecule has 3 nitrogen and oxygen atoms in total. The Kier molecular flexibility index (Phi) is 3.33. The van der Waals surface area contributed by atoms with E-state index in [9.17, 15) is 0 Å². The molecule has 15 heavy (non-hydrogen) atoms. The molecule has 0 aliphatic carbocycles. The van der Waals surface area contributed by atoms with Crippen molar-refractivity contribution in [2.75, 3.05) is 39.3 Å². The third kappa shape index (κ3) is 2.71. The van der Waals surface area contributed by atoms with Crippen LogP contribution in [0.2, 0.25) is 0 Å². The quantitative estimate of drug-likeness (QED) is 0.748. The van der Waals surface area contributed by atoms with Crippen LogP contribution >= 0.6 is 0 Å². The minimum absolute atomic E-state index is 0.279. The first-order valence-corrected chi connectivity index (χ1v) is 6.27. The molecule has 0 aromatic heterocycles. The van der Waals surface area contributed by atoms with Gasteiger partial charge in [-0.3, -0.25) is 9.80 Å². The fourth-order valence-corrected chi connectivity index (χ4v) is 2.87. The molecule has 0 aromatic carbocycles. The number of hydrogen-bond acceptors (Lipinski definition) is 3. The third-order valence-electron chi connectivity index (χ3n) is 3.88. The lowest BCUT2D eigenvalue weighted by atomic mass is 9.92. The van der Waals surface area contributed by atoms with Gasteiger partial charge < -0.3 is 5.73 Å². The molecular weight excluding hydrogens is 186 g/mol. The van der Waals surface area contributed by atoms with Gasteiger partial charge >= 0.3 is 0 Å². The maximum atomic E-state index is 5.79. The second kappa shape index (κ2) is 4.40. The number of rotatable bonds is 3. The second-order valence-corrected chi connectivity index (χ2v) is 5.94. The van der Waals surface area contributed by atoms with E-state index in [0.29, 0.717) is 0 Å². The van der Waals surface area contributed by atoms with E-state index < -0.39 is 0 Å². The van der Waals surface area contributed by atoms with Crippen molar-refractivity contribution in [3.8, 4) is 0 Å². The normalized spacial score (nSPS) is 29.4. The zero-order chi connectivity index (χ0) is 10.9. The Hall–Kier alpha value is -0.120. The molecule has 2 N–H and O–H groups in total. The summed E-state index contributed by atoms with van der Waals surface area (Å²) in [7, 11) is 0. The average Bonchev–Trinajstić information content (AvgIpc) is 2.64. The monoisotopic (exact) mass is 211 g/mol. The number of piperazine rings is 1. The Morgan fingerprint density at radius 1 is 1.27 bits per heavy atom. The highest BCUT2D eigenvalue weighted by atomic mass is 15.3. The summed E-state index contributed by atoms with van der Waals surface area (Å²) in [6, 6.07) is 0.840. The lowest BCUT2D eigenvalue weighted by Gasteiger charge is -2.40. The molecule has 1 atom stereocenters. The van der Waals surface area contributed by atoms with Crippen LogP contribution < -0.4 is 5.73 Å². The van der Waals surface area contributed by atoms with Crippen LogP contribution in [-0.2, 0) is 0 Å². The number of fused-ring (bicyclic) bond motifs is 1. The zero-order valence-corrected chi connectivity index (χ0v) is 10.2. The molecule has 2 aliphatic heterocycles. The van der Waals surface area contributed by atoms with Crippen LogP contribution in [0.3, 0.4) is 0 Å². The fourth-order valence-electron chi connectivity index (χ4n) is 2.87. The third-order valence-corrected chi connectivity index (χ3v) is 3.88. The summed E-state index contributed by atoms with van der Waals surface area (Å²) in [4.78, 5) is 5.27. The first-order chi connectivity index (χ1) is 7.11. The maximum absolute atomic E-state index is 5.79. The van der Waals surface area contributed by atoms with E-state index in [1.807, 2.05) is 0 Å². The highest BCUT2D eigenvalue weighted by Crippen LogP contribution is 2.24. The zero-order valence-electron chi connectivity index (χ0n) is 10.2. The minimum Gasteiger partial charge on any atom is -0.330 e. The van der Waals surface area contributed by atoms with Crippen LogP contribution in [0.15, 0.2) is 0 Å². The molecule has 88 valence electrons. The van der Waals surface area contributed by atoms with Gasteiger partial charge in [-0.05, 0) is 31.3 Å². The Bertz CT molecular complexity index is 215. The van der Waals surface area contributed by atoms with E-state index >= 15 is 0 Å². The summed E-state index contributed by atoms with van der Waals surface area (Å²) in [5, 5.41) is 0. The molecular formula is C12H25N3. The Morgan fingerprint density at radius 3 is 2.80 bits per heavy atom. The van der Waals surface area contributed by atoms with Crippen LogP contribution in [0.1, 0.15) is 26.7 Å². The molecule has 2 fully saturated rings.